The minimum Gasteiger partial charge on any atom is -0.354 e. The summed E-state index contributed by atoms with van der Waals surface area (Å²) in [7, 11) is -2.75. The van der Waals surface area contributed by atoms with Gasteiger partial charge in [-0.3, -0.25) is 4.98 Å². The molecule has 2 aromatic rings. The second-order valence-corrected chi connectivity index (χ2v) is 6.74. The summed E-state index contributed by atoms with van der Waals surface area (Å²) in [4.78, 5) is 15.1. The zero-order valence-electron chi connectivity index (χ0n) is 12.4. The Labute approximate surface area is 139 Å². The van der Waals surface area contributed by atoms with Crippen molar-refractivity contribution in [1.82, 2.24) is 15.0 Å². The summed E-state index contributed by atoms with van der Waals surface area (Å²) in [5.74, 6) is 0. The molecule has 0 bridgehead atoms. The molecule has 1 aromatic carbocycles. The predicted octanol–water partition coefficient (Wildman–Crippen LogP) is 2.40. The third kappa shape index (κ3) is 4.11. The molecule has 0 atom stereocenters. The van der Waals surface area contributed by atoms with Crippen LogP contribution in [0.1, 0.15) is 5.56 Å². The summed E-state index contributed by atoms with van der Waals surface area (Å²) in [6.07, 6.45) is 2.69. The molecule has 9 heteroatoms. The fraction of sp³-hybridized carbons (Fsp3) is 0.143. The molecule has 23 heavy (non-hydrogen) atoms. The molecule has 122 valence electrons. The van der Waals surface area contributed by atoms with Crippen LogP contribution in [0.5, 0.6) is 0 Å². The standard InChI is InChI=1S/C14H15ClN4O3S/c1-9-7-17-8-12(23(21,22)19-14(20)16-2)13(9)18-11-5-3-4-10(15)6-11/h3-8H,1-2H3,(H,17,18)(H2,16,19,20). The van der Waals surface area contributed by atoms with Gasteiger partial charge in [0.1, 0.15) is 4.90 Å². The summed E-state index contributed by atoms with van der Waals surface area (Å²) >= 11 is 5.93. The van der Waals surface area contributed by atoms with Crippen LogP contribution in [0, 0.1) is 6.92 Å². The van der Waals surface area contributed by atoms with Crippen LogP contribution in [-0.2, 0) is 10.0 Å². The van der Waals surface area contributed by atoms with Crippen molar-refractivity contribution in [2.24, 2.45) is 0 Å². The maximum Gasteiger partial charge on any atom is 0.328 e. The predicted molar refractivity (Wildman–Crippen MR) is 88.5 cm³/mol. The first-order valence-corrected chi connectivity index (χ1v) is 8.41. The van der Waals surface area contributed by atoms with E-state index in [4.69, 9.17) is 11.6 Å². The van der Waals surface area contributed by atoms with E-state index in [1.54, 1.807) is 31.2 Å². The SMILES string of the molecule is CNC(=O)NS(=O)(=O)c1cncc(C)c1Nc1cccc(Cl)c1. The van der Waals surface area contributed by atoms with Crippen molar-refractivity contribution in [3.05, 3.63) is 47.2 Å². The van der Waals surface area contributed by atoms with Crippen LogP contribution in [-0.4, -0.2) is 26.5 Å². The molecule has 3 N–H and O–H groups in total. The number of hydrogen-bond acceptors (Lipinski definition) is 5. The molecule has 0 aliphatic heterocycles. The first-order valence-electron chi connectivity index (χ1n) is 6.55. The maximum atomic E-state index is 12.4. The fourth-order valence-corrected chi connectivity index (χ4v) is 3.17. The molecule has 1 aromatic heterocycles. The molecule has 1 heterocycles. The topological polar surface area (TPSA) is 100 Å². The number of aromatic nitrogens is 1. The maximum absolute atomic E-state index is 12.4. The lowest BCUT2D eigenvalue weighted by Gasteiger charge is -2.15. The van der Waals surface area contributed by atoms with Crippen molar-refractivity contribution >= 4 is 39.0 Å². The van der Waals surface area contributed by atoms with Gasteiger partial charge >= 0.3 is 6.03 Å². The Morgan fingerprint density at radius 2 is 2.00 bits per heavy atom. The minimum atomic E-state index is -4.08. The second kappa shape index (κ2) is 6.84. The average molecular weight is 355 g/mol. The number of hydrogen-bond donors (Lipinski definition) is 3. The first kappa shape index (κ1) is 17.0. The van der Waals surface area contributed by atoms with Crippen molar-refractivity contribution < 1.29 is 13.2 Å². The Kier molecular flexibility index (Phi) is 5.07. The molecule has 2 rings (SSSR count). The summed E-state index contributed by atoms with van der Waals surface area (Å²) < 4.78 is 26.6. The molecule has 0 saturated heterocycles. The number of anilines is 2. The zero-order chi connectivity index (χ0) is 17.0. The first-order chi connectivity index (χ1) is 10.8. The third-order valence-electron chi connectivity index (χ3n) is 2.94. The Morgan fingerprint density at radius 1 is 1.26 bits per heavy atom. The molecule has 0 unspecified atom stereocenters. The Bertz CT molecular complexity index is 840. The molecule has 7 nitrogen and oxygen atoms in total. The number of nitrogens with zero attached hydrogens (tertiary/aromatic N) is 1. The smallest absolute Gasteiger partial charge is 0.328 e. The van der Waals surface area contributed by atoms with Gasteiger partial charge in [-0.1, -0.05) is 17.7 Å². The van der Waals surface area contributed by atoms with E-state index in [0.717, 1.165) is 0 Å². The van der Waals surface area contributed by atoms with Crippen molar-refractivity contribution in [3.63, 3.8) is 0 Å². The normalized spacial score (nSPS) is 10.9. The van der Waals surface area contributed by atoms with Gasteiger partial charge in [-0.2, -0.15) is 0 Å². The highest BCUT2D eigenvalue weighted by Gasteiger charge is 2.22. The van der Waals surface area contributed by atoms with Crippen LogP contribution in [0.25, 0.3) is 0 Å². The molecule has 0 spiro atoms. The molecular formula is C14H15ClN4O3S. The van der Waals surface area contributed by atoms with E-state index in [-0.39, 0.29) is 4.90 Å². The number of rotatable bonds is 4. The van der Waals surface area contributed by atoms with Crippen LogP contribution in [0.2, 0.25) is 5.02 Å². The Morgan fingerprint density at radius 3 is 2.65 bits per heavy atom. The van der Waals surface area contributed by atoms with Gasteiger partial charge in [-0.25, -0.2) is 17.9 Å². The molecule has 0 aliphatic carbocycles. The second-order valence-electron chi connectivity index (χ2n) is 4.65. The lowest BCUT2D eigenvalue weighted by atomic mass is 10.2. The number of nitrogens with one attached hydrogen (secondary N) is 3. The lowest BCUT2D eigenvalue weighted by molar-refractivity contribution is 0.248. The summed E-state index contributed by atoms with van der Waals surface area (Å²) in [6.45, 7) is 1.71. The van der Waals surface area contributed by atoms with Gasteiger partial charge in [0.25, 0.3) is 10.0 Å². The van der Waals surface area contributed by atoms with Crippen molar-refractivity contribution in [2.75, 3.05) is 12.4 Å². The third-order valence-corrected chi connectivity index (χ3v) is 4.52. The number of carbonyl (C=O) groups is 1. The van der Waals surface area contributed by atoms with E-state index < -0.39 is 16.1 Å². The number of carbonyl (C=O) groups excluding carboxylic acids is 1. The number of sulfonamides is 1. The highest BCUT2D eigenvalue weighted by atomic mass is 35.5. The number of aryl methyl sites for hydroxylation is 1. The van der Waals surface area contributed by atoms with Gasteiger partial charge in [-0.15, -0.1) is 0 Å². The van der Waals surface area contributed by atoms with E-state index >= 15 is 0 Å². The number of benzene rings is 1. The van der Waals surface area contributed by atoms with E-state index in [2.05, 4.69) is 15.6 Å². The summed E-state index contributed by atoms with van der Waals surface area (Å²) in [5, 5.41) is 5.71. The van der Waals surface area contributed by atoms with Crippen molar-refractivity contribution in [1.29, 1.82) is 0 Å². The molecule has 2 amide bonds. The van der Waals surface area contributed by atoms with Gasteiger partial charge in [0.15, 0.2) is 0 Å². The molecule has 0 radical (unpaired) electrons. The molecule has 0 aliphatic rings. The fourth-order valence-electron chi connectivity index (χ4n) is 1.84. The average Bonchev–Trinajstić information content (AvgIpc) is 2.48. The Balaban J connectivity index is 2.46. The molecule has 0 saturated carbocycles. The number of halogens is 1. The number of urea groups is 1. The number of pyridine rings is 1. The van der Waals surface area contributed by atoms with Crippen LogP contribution < -0.4 is 15.4 Å². The summed E-state index contributed by atoms with van der Waals surface area (Å²) in [5.41, 5.74) is 1.53. The van der Waals surface area contributed by atoms with Crippen molar-refractivity contribution in [2.45, 2.75) is 11.8 Å². The van der Waals surface area contributed by atoms with Crippen LogP contribution in [0.15, 0.2) is 41.6 Å². The highest BCUT2D eigenvalue weighted by Crippen LogP contribution is 2.28. The molecule has 0 fully saturated rings. The van der Waals surface area contributed by atoms with Gasteiger partial charge < -0.3 is 10.6 Å². The van der Waals surface area contributed by atoms with E-state index in [1.165, 1.54) is 19.4 Å². The van der Waals surface area contributed by atoms with Gasteiger partial charge in [0, 0.05) is 30.2 Å². The zero-order valence-corrected chi connectivity index (χ0v) is 14.0. The van der Waals surface area contributed by atoms with Gasteiger partial charge in [-0.05, 0) is 30.7 Å². The summed E-state index contributed by atoms with van der Waals surface area (Å²) in [6, 6.07) is 6.01. The highest BCUT2D eigenvalue weighted by molar-refractivity contribution is 7.90. The van der Waals surface area contributed by atoms with E-state index in [9.17, 15) is 13.2 Å². The van der Waals surface area contributed by atoms with Gasteiger partial charge in [0.2, 0.25) is 0 Å². The van der Waals surface area contributed by atoms with Crippen molar-refractivity contribution in [3.8, 4) is 0 Å². The lowest BCUT2D eigenvalue weighted by Crippen LogP contribution is -2.37. The van der Waals surface area contributed by atoms with Gasteiger partial charge in [0.05, 0.1) is 5.69 Å². The van der Waals surface area contributed by atoms with Crippen LogP contribution >= 0.6 is 11.6 Å². The van der Waals surface area contributed by atoms with Crippen LogP contribution in [0.3, 0.4) is 0 Å². The number of amides is 2. The Hall–Kier alpha value is -2.32. The van der Waals surface area contributed by atoms with E-state index in [0.29, 0.717) is 22.0 Å². The van der Waals surface area contributed by atoms with E-state index in [1.807, 2.05) is 4.72 Å². The largest absolute Gasteiger partial charge is 0.354 e. The van der Waals surface area contributed by atoms with Crippen LogP contribution in [0.4, 0.5) is 16.2 Å². The quantitative estimate of drug-likeness (QED) is 0.782. The molecular weight excluding hydrogens is 340 g/mol. The monoisotopic (exact) mass is 354 g/mol. The minimum absolute atomic E-state index is 0.138.